The number of hydrogen-bond acceptors (Lipinski definition) is 4. The lowest BCUT2D eigenvalue weighted by Gasteiger charge is -2.13. The maximum Gasteiger partial charge on any atom is 0.258 e. The van der Waals surface area contributed by atoms with Crippen molar-refractivity contribution in [3.8, 4) is 0 Å². The van der Waals surface area contributed by atoms with Gasteiger partial charge in [-0.3, -0.25) is 9.59 Å². The lowest BCUT2D eigenvalue weighted by molar-refractivity contribution is -0.118. The SMILES string of the molecule is Cc1cc(C(=O)Nc2ccc(NC(=O)[C@@H](C)n3ccnc3)cc2)co1. The third-order valence-corrected chi connectivity index (χ3v) is 3.75. The lowest BCUT2D eigenvalue weighted by atomic mass is 10.2. The summed E-state index contributed by atoms with van der Waals surface area (Å²) in [6.45, 7) is 3.57. The molecule has 0 aliphatic rings. The van der Waals surface area contributed by atoms with Crippen molar-refractivity contribution in [3.05, 3.63) is 66.6 Å². The minimum Gasteiger partial charge on any atom is -0.469 e. The van der Waals surface area contributed by atoms with E-state index < -0.39 is 0 Å². The van der Waals surface area contributed by atoms with Crippen LogP contribution in [0.5, 0.6) is 0 Å². The third kappa shape index (κ3) is 3.95. The molecule has 0 saturated carbocycles. The number of rotatable bonds is 5. The van der Waals surface area contributed by atoms with Crippen LogP contribution >= 0.6 is 0 Å². The maximum atomic E-state index is 12.2. The fourth-order valence-corrected chi connectivity index (χ4v) is 2.28. The molecule has 0 aliphatic heterocycles. The molecule has 0 radical (unpaired) electrons. The Hall–Kier alpha value is -3.35. The second-order valence-electron chi connectivity index (χ2n) is 5.65. The number of carbonyl (C=O) groups is 2. The average Bonchev–Trinajstić information content (AvgIpc) is 3.27. The number of aryl methyl sites for hydroxylation is 1. The third-order valence-electron chi connectivity index (χ3n) is 3.75. The molecule has 2 N–H and O–H groups in total. The van der Waals surface area contributed by atoms with Gasteiger partial charge in [-0.05, 0) is 44.2 Å². The number of anilines is 2. The van der Waals surface area contributed by atoms with Crippen LogP contribution in [0.3, 0.4) is 0 Å². The van der Waals surface area contributed by atoms with Crippen LogP contribution < -0.4 is 10.6 Å². The summed E-state index contributed by atoms with van der Waals surface area (Å²) in [5.74, 6) is 0.279. The molecule has 7 heteroatoms. The number of imidazole rings is 1. The normalized spacial score (nSPS) is 11.8. The van der Waals surface area contributed by atoms with Crippen molar-refractivity contribution >= 4 is 23.2 Å². The Morgan fingerprint density at radius 1 is 1.16 bits per heavy atom. The summed E-state index contributed by atoms with van der Waals surface area (Å²) in [6, 6.07) is 8.21. The van der Waals surface area contributed by atoms with Crippen LogP contribution in [0.1, 0.15) is 29.1 Å². The van der Waals surface area contributed by atoms with Gasteiger partial charge in [-0.2, -0.15) is 0 Å². The maximum absolute atomic E-state index is 12.2. The lowest BCUT2D eigenvalue weighted by Crippen LogP contribution is -2.22. The van der Waals surface area contributed by atoms with Gasteiger partial charge in [0.2, 0.25) is 5.91 Å². The van der Waals surface area contributed by atoms with Gasteiger partial charge in [0.05, 0.1) is 11.9 Å². The van der Waals surface area contributed by atoms with Crippen molar-refractivity contribution in [2.45, 2.75) is 19.9 Å². The number of hydrogen-bond donors (Lipinski definition) is 2. The predicted molar refractivity (Wildman–Crippen MR) is 93.4 cm³/mol. The van der Waals surface area contributed by atoms with E-state index in [0.717, 1.165) is 0 Å². The molecule has 0 spiro atoms. The van der Waals surface area contributed by atoms with Crippen LogP contribution in [0.25, 0.3) is 0 Å². The van der Waals surface area contributed by atoms with E-state index in [4.69, 9.17) is 4.42 Å². The second-order valence-corrected chi connectivity index (χ2v) is 5.65. The molecule has 0 saturated heterocycles. The van der Waals surface area contributed by atoms with Crippen molar-refractivity contribution in [1.29, 1.82) is 0 Å². The number of amides is 2. The number of benzene rings is 1. The van der Waals surface area contributed by atoms with Gasteiger partial charge < -0.3 is 19.6 Å². The standard InChI is InChI=1S/C18H18N4O3/c1-12-9-14(10-25-12)18(24)21-16-5-3-15(4-6-16)20-17(23)13(2)22-8-7-19-11-22/h3-11,13H,1-2H3,(H,20,23)(H,21,24)/t13-/m1/s1. The quantitative estimate of drug-likeness (QED) is 0.747. The molecule has 0 bridgehead atoms. The van der Waals surface area contributed by atoms with E-state index in [2.05, 4.69) is 15.6 Å². The molecule has 128 valence electrons. The molecule has 2 aromatic heterocycles. The van der Waals surface area contributed by atoms with E-state index in [1.165, 1.54) is 6.26 Å². The van der Waals surface area contributed by atoms with Crippen molar-refractivity contribution in [1.82, 2.24) is 9.55 Å². The molecule has 25 heavy (non-hydrogen) atoms. The molecule has 1 atom stereocenters. The number of furan rings is 1. The first kappa shape index (κ1) is 16.5. The molecule has 0 aliphatic carbocycles. The molecule has 2 amide bonds. The van der Waals surface area contributed by atoms with E-state index in [-0.39, 0.29) is 17.9 Å². The average molecular weight is 338 g/mol. The summed E-state index contributed by atoms with van der Waals surface area (Å²) in [5, 5.41) is 5.60. The highest BCUT2D eigenvalue weighted by atomic mass is 16.3. The van der Waals surface area contributed by atoms with Crippen LogP contribution in [0.15, 0.2) is 59.7 Å². The minimum atomic E-state index is -0.369. The van der Waals surface area contributed by atoms with Gasteiger partial charge in [-0.25, -0.2) is 4.98 Å². The fourth-order valence-electron chi connectivity index (χ4n) is 2.28. The highest BCUT2D eigenvalue weighted by molar-refractivity contribution is 6.04. The largest absolute Gasteiger partial charge is 0.469 e. The van der Waals surface area contributed by atoms with Gasteiger partial charge in [-0.1, -0.05) is 0 Å². The Kier molecular flexibility index (Phi) is 4.65. The zero-order valence-corrected chi connectivity index (χ0v) is 13.9. The van der Waals surface area contributed by atoms with E-state index in [1.54, 1.807) is 67.5 Å². The summed E-state index contributed by atoms with van der Waals surface area (Å²) >= 11 is 0. The van der Waals surface area contributed by atoms with E-state index in [9.17, 15) is 9.59 Å². The van der Waals surface area contributed by atoms with Crippen molar-refractivity contribution < 1.29 is 14.0 Å². The summed E-state index contributed by atoms with van der Waals surface area (Å²) < 4.78 is 6.84. The van der Waals surface area contributed by atoms with Gasteiger partial charge in [0.1, 0.15) is 18.1 Å². The van der Waals surface area contributed by atoms with Crippen LogP contribution in [0, 0.1) is 6.92 Å². The number of carbonyl (C=O) groups excluding carboxylic acids is 2. The summed E-state index contributed by atoms with van der Waals surface area (Å²) in [7, 11) is 0. The Morgan fingerprint density at radius 2 is 1.84 bits per heavy atom. The Labute approximate surface area is 144 Å². The monoisotopic (exact) mass is 338 g/mol. The minimum absolute atomic E-state index is 0.149. The smallest absolute Gasteiger partial charge is 0.258 e. The molecule has 1 aromatic carbocycles. The number of nitrogens with zero attached hydrogens (tertiary/aromatic N) is 2. The first-order chi connectivity index (χ1) is 12.0. The Morgan fingerprint density at radius 3 is 2.40 bits per heavy atom. The van der Waals surface area contributed by atoms with E-state index >= 15 is 0 Å². The van der Waals surface area contributed by atoms with Gasteiger partial charge in [0, 0.05) is 23.8 Å². The molecule has 3 aromatic rings. The molecule has 3 rings (SSSR count). The summed E-state index contributed by atoms with van der Waals surface area (Å²) in [5.41, 5.74) is 1.74. The van der Waals surface area contributed by atoms with Crippen LogP contribution in [-0.4, -0.2) is 21.4 Å². The molecular weight excluding hydrogens is 320 g/mol. The van der Waals surface area contributed by atoms with Crippen molar-refractivity contribution in [3.63, 3.8) is 0 Å². The van der Waals surface area contributed by atoms with Crippen molar-refractivity contribution in [2.75, 3.05) is 10.6 Å². The van der Waals surface area contributed by atoms with E-state index in [0.29, 0.717) is 22.7 Å². The molecule has 0 unspecified atom stereocenters. The molecule has 2 heterocycles. The molecule has 0 fully saturated rings. The zero-order valence-electron chi connectivity index (χ0n) is 13.9. The summed E-state index contributed by atoms with van der Waals surface area (Å²) in [4.78, 5) is 28.2. The molecule has 7 nitrogen and oxygen atoms in total. The van der Waals surface area contributed by atoms with E-state index in [1.807, 2.05) is 0 Å². The topological polar surface area (TPSA) is 89.2 Å². The van der Waals surface area contributed by atoms with Gasteiger partial charge in [-0.15, -0.1) is 0 Å². The highest BCUT2D eigenvalue weighted by Crippen LogP contribution is 2.17. The van der Waals surface area contributed by atoms with Crippen LogP contribution in [0.4, 0.5) is 11.4 Å². The zero-order chi connectivity index (χ0) is 17.8. The molecular formula is C18H18N4O3. The summed E-state index contributed by atoms with van der Waals surface area (Å²) in [6.07, 6.45) is 6.38. The Bertz CT molecular complexity index is 866. The fraction of sp³-hybridized carbons (Fsp3) is 0.167. The van der Waals surface area contributed by atoms with Crippen LogP contribution in [-0.2, 0) is 4.79 Å². The predicted octanol–water partition coefficient (Wildman–Crippen LogP) is 3.24. The first-order valence-corrected chi connectivity index (χ1v) is 7.78. The number of nitrogens with one attached hydrogen (secondary N) is 2. The Balaban J connectivity index is 1.60. The number of aromatic nitrogens is 2. The van der Waals surface area contributed by atoms with Crippen LogP contribution in [0.2, 0.25) is 0 Å². The van der Waals surface area contributed by atoms with Crippen molar-refractivity contribution in [2.24, 2.45) is 0 Å². The van der Waals surface area contributed by atoms with Gasteiger partial charge >= 0.3 is 0 Å². The second kappa shape index (κ2) is 7.04. The van der Waals surface area contributed by atoms with Gasteiger partial charge in [0.25, 0.3) is 5.91 Å². The first-order valence-electron chi connectivity index (χ1n) is 7.78. The highest BCUT2D eigenvalue weighted by Gasteiger charge is 2.14. The van der Waals surface area contributed by atoms with Gasteiger partial charge in [0.15, 0.2) is 0 Å².